The first-order chi connectivity index (χ1) is 7.27. The highest BCUT2D eigenvalue weighted by Crippen LogP contribution is 2.30. The Morgan fingerprint density at radius 2 is 2.40 bits per heavy atom. The van der Waals surface area contributed by atoms with Crippen molar-refractivity contribution in [3.05, 3.63) is 17.0 Å². The van der Waals surface area contributed by atoms with Crippen molar-refractivity contribution in [3.8, 4) is 0 Å². The maximum Gasteiger partial charge on any atom is 0.143 e. The van der Waals surface area contributed by atoms with Gasteiger partial charge in [0.1, 0.15) is 12.1 Å². The van der Waals surface area contributed by atoms with Gasteiger partial charge in [0.05, 0.1) is 4.47 Å². The Balaban J connectivity index is 1.90. The summed E-state index contributed by atoms with van der Waals surface area (Å²) in [6.07, 6.45) is 6.87. The summed E-state index contributed by atoms with van der Waals surface area (Å²) in [5.74, 6) is 1.41. The van der Waals surface area contributed by atoms with Crippen LogP contribution in [0.25, 0.3) is 0 Å². The zero-order valence-corrected chi connectivity index (χ0v) is 10.6. The number of nitrogens with one attached hydrogen (secondary N) is 1. The van der Waals surface area contributed by atoms with Crippen LogP contribution in [0.5, 0.6) is 0 Å². The predicted octanol–water partition coefficient (Wildman–Crippen LogP) is 3.06. The van der Waals surface area contributed by atoms with E-state index in [0.717, 1.165) is 23.3 Å². The van der Waals surface area contributed by atoms with Crippen LogP contribution >= 0.6 is 27.5 Å². The fourth-order valence-electron chi connectivity index (χ4n) is 1.89. The Kier molecular flexibility index (Phi) is 3.81. The molecule has 0 saturated heterocycles. The van der Waals surface area contributed by atoms with E-state index >= 15 is 0 Å². The standard InChI is InChI=1S/C10H13BrClN3/c11-8-5-13-6-15-10(8)14-4-7-2-1-3-9(7)12/h5-7,9H,1-4H2,(H,13,14,15). The summed E-state index contributed by atoms with van der Waals surface area (Å²) in [5, 5.41) is 3.62. The maximum absolute atomic E-state index is 6.20. The quantitative estimate of drug-likeness (QED) is 0.870. The van der Waals surface area contributed by atoms with Crippen LogP contribution in [0.2, 0.25) is 0 Å². The van der Waals surface area contributed by atoms with E-state index in [4.69, 9.17) is 11.6 Å². The van der Waals surface area contributed by atoms with E-state index in [0.29, 0.717) is 11.3 Å². The molecule has 1 aliphatic rings. The zero-order chi connectivity index (χ0) is 10.7. The molecule has 1 saturated carbocycles. The minimum absolute atomic E-state index is 0.318. The van der Waals surface area contributed by atoms with E-state index in [1.165, 1.54) is 12.8 Å². The van der Waals surface area contributed by atoms with Gasteiger partial charge in [-0.3, -0.25) is 0 Å². The highest BCUT2D eigenvalue weighted by molar-refractivity contribution is 9.10. The molecule has 2 unspecified atom stereocenters. The smallest absolute Gasteiger partial charge is 0.143 e. The van der Waals surface area contributed by atoms with Gasteiger partial charge in [-0.1, -0.05) is 6.42 Å². The number of alkyl halides is 1. The average Bonchev–Trinajstić information content (AvgIpc) is 2.63. The Bertz CT molecular complexity index is 334. The Labute approximate surface area is 103 Å². The summed E-state index contributed by atoms with van der Waals surface area (Å²) in [5.41, 5.74) is 0. The van der Waals surface area contributed by atoms with Gasteiger partial charge in [0, 0.05) is 18.1 Å². The van der Waals surface area contributed by atoms with E-state index in [9.17, 15) is 0 Å². The SMILES string of the molecule is ClC1CCCC1CNc1ncncc1Br. The van der Waals surface area contributed by atoms with Gasteiger partial charge in [-0.2, -0.15) is 0 Å². The lowest BCUT2D eigenvalue weighted by molar-refractivity contribution is 0.585. The summed E-state index contributed by atoms with van der Waals surface area (Å²) in [6, 6.07) is 0. The molecule has 0 aliphatic heterocycles. The van der Waals surface area contributed by atoms with Crippen LogP contribution in [0.1, 0.15) is 19.3 Å². The van der Waals surface area contributed by atoms with Crippen LogP contribution in [0, 0.1) is 5.92 Å². The van der Waals surface area contributed by atoms with Gasteiger partial charge < -0.3 is 5.32 Å². The molecule has 1 aromatic rings. The van der Waals surface area contributed by atoms with E-state index in [2.05, 4.69) is 31.2 Å². The maximum atomic E-state index is 6.20. The van der Waals surface area contributed by atoms with E-state index in [1.54, 1.807) is 12.5 Å². The zero-order valence-electron chi connectivity index (χ0n) is 8.29. The molecule has 0 bridgehead atoms. The highest BCUT2D eigenvalue weighted by Gasteiger charge is 2.24. The third kappa shape index (κ3) is 2.82. The van der Waals surface area contributed by atoms with Gasteiger partial charge in [0.15, 0.2) is 0 Å². The molecule has 0 spiro atoms. The predicted molar refractivity (Wildman–Crippen MR) is 65.2 cm³/mol. The fraction of sp³-hybridized carbons (Fsp3) is 0.600. The van der Waals surface area contributed by atoms with E-state index < -0.39 is 0 Å². The Morgan fingerprint density at radius 1 is 1.53 bits per heavy atom. The molecule has 82 valence electrons. The van der Waals surface area contributed by atoms with Crippen molar-refractivity contribution in [1.82, 2.24) is 9.97 Å². The summed E-state index contributed by atoms with van der Waals surface area (Å²) < 4.78 is 0.897. The van der Waals surface area contributed by atoms with Crippen molar-refractivity contribution in [1.29, 1.82) is 0 Å². The number of rotatable bonds is 3. The molecule has 1 N–H and O–H groups in total. The average molecular weight is 291 g/mol. The summed E-state index contributed by atoms with van der Waals surface area (Å²) in [4.78, 5) is 8.07. The molecule has 2 rings (SSSR count). The van der Waals surface area contributed by atoms with Gasteiger partial charge in [-0.05, 0) is 34.7 Å². The Hall–Kier alpha value is -0.350. The normalized spacial score (nSPS) is 25.5. The molecule has 0 aromatic carbocycles. The molecule has 5 heteroatoms. The number of nitrogens with zero attached hydrogens (tertiary/aromatic N) is 2. The lowest BCUT2D eigenvalue weighted by Crippen LogP contribution is -2.19. The largest absolute Gasteiger partial charge is 0.369 e. The minimum atomic E-state index is 0.318. The second kappa shape index (κ2) is 5.12. The van der Waals surface area contributed by atoms with E-state index in [-0.39, 0.29) is 0 Å². The van der Waals surface area contributed by atoms with Crippen LogP contribution in [0.3, 0.4) is 0 Å². The first-order valence-electron chi connectivity index (χ1n) is 5.11. The second-order valence-electron chi connectivity index (χ2n) is 3.81. The van der Waals surface area contributed by atoms with Crippen molar-refractivity contribution >= 4 is 33.3 Å². The summed E-state index contributed by atoms with van der Waals surface area (Å²) in [6.45, 7) is 0.893. The third-order valence-corrected chi connectivity index (χ3v) is 3.92. The Morgan fingerprint density at radius 3 is 3.07 bits per heavy atom. The fourth-order valence-corrected chi connectivity index (χ4v) is 2.62. The molecule has 0 radical (unpaired) electrons. The van der Waals surface area contributed by atoms with Crippen LogP contribution in [0.4, 0.5) is 5.82 Å². The number of hydrogen-bond acceptors (Lipinski definition) is 3. The van der Waals surface area contributed by atoms with Crippen LogP contribution in [-0.2, 0) is 0 Å². The molecule has 2 atom stereocenters. The highest BCUT2D eigenvalue weighted by atomic mass is 79.9. The van der Waals surface area contributed by atoms with Crippen molar-refractivity contribution in [2.45, 2.75) is 24.6 Å². The van der Waals surface area contributed by atoms with Crippen molar-refractivity contribution in [2.75, 3.05) is 11.9 Å². The van der Waals surface area contributed by atoms with Crippen molar-refractivity contribution < 1.29 is 0 Å². The molecular formula is C10H13BrClN3. The van der Waals surface area contributed by atoms with Crippen molar-refractivity contribution in [3.63, 3.8) is 0 Å². The number of halogens is 2. The van der Waals surface area contributed by atoms with E-state index in [1.807, 2.05) is 0 Å². The third-order valence-electron chi connectivity index (χ3n) is 2.77. The molecule has 3 nitrogen and oxygen atoms in total. The lowest BCUT2D eigenvalue weighted by Gasteiger charge is -2.15. The molecule has 1 heterocycles. The first kappa shape index (κ1) is 11.1. The molecule has 1 aliphatic carbocycles. The van der Waals surface area contributed by atoms with Crippen LogP contribution in [-0.4, -0.2) is 21.9 Å². The summed E-state index contributed by atoms with van der Waals surface area (Å²) >= 11 is 9.60. The van der Waals surface area contributed by atoms with Crippen LogP contribution in [0.15, 0.2) is 17.0 Å². The molecule has 1 fully saturated rings. The minimum Gasteiger partial charge on any atom is -0.369 e. The van der Waals surface area contributed by atoms with Gasteiger partial charge >= 0.3 is 0 Å². The van der Waals surface area contributed by atoms with Gasteiger partial charge in [-0.25, -0.2) is 9.97 Å². The second-order valence-corrected chi connectivity index (χ2v) is 5.22. The number of anilines is 1. The molecule has 1 aromatic heterocycles. The first-order valence-corrected chi connectivity index (χ1v) is 6.34. The summed E-state index contributed by atoms with van der Waals surface area (Å²) in [7, 11) is 0. The number of aromatic nitrogens is 2. The number of hydrogen-bond donors (Lipinski definition) is 1. The topological polar surface area (TPSA) is 37.8 Å². The molecular weight excluding hydrogens is 277 g/mol. The van der Waals surface area contributed by atoms with Crippen molar-refractivity contribution in [2.24, 2.45) is 5.92 Å². The molecule has 15 heavy (non-hydrogen) atoms. The van der Waals surface area contributed by atoms with Gasteiger partial charge in [0.2, 0.25) is 0 Å². The van der Waals surface area contributed by atoms with Gasteiger partial charge in [0.25, 0.3) is 0 Å². The lowest BCUT2D eigenvalue weighted by atomic mass is 10.1. The molecule has 0 amide bonds. The monoisotopic (exact) mass is 289 g/mol. The van der Waals surface area contributed by atoms with Gasteiger partial charge in [-0.15, -0.1) is 11.6 Å². The van der Waals surface area contributed by atoms with Crippen LogP contribution < -0.4 is 5.32 Å².